The molecular formula is C23H16ClNO5S2. The van der Waals surface area contributed by atoms with Crippen molar-refractivity contribution in [3.8, 4) is 11.5 Å². The lowest BCUT2D eigenvalue weighted by Gasteiger charge is -2.12. The normalized spacial score (nSPS) is 14.8. The largest absolute Gasteiger partial charge is 0.493 e. The minimum absolute atomic E-state index is 0.200. The fraction of sp³-hybridized carbons (Fsp3) is 0.0870. The molecule has 2 heterocycles. The molecule has 0 atom stereocenters. The third-order valence-corrected chi connectivity index (χ3v) is 6.17. The molecule has 1 amide bonds. The van der Waals surface area contributed by atoms with Crippen molar-refractivity contribution in [2.24, 2.45) is 0 Å². The maximum absolute atomic E-state index is 12.8. The predicted molar refractivity (Wildman–Crippen MR) is 127 cm³/mol. The summed E-state index contributed by atoms with van der Waals surface area (Å²) in [6.45, 7) is 0.276. The number of carbonyl (C=O) groups is 2. The average molecular weight is 486 g/mol. The molecule has 2 aromatic carbocycles. The number of hydrogen-bond donors (Lipinski definition) is 0. The van der Waals surface area contributed by atoms with Crippen molar-refractivity contribution >= 4 is 57.9 Å². The van der Waals surface area contributed by atoms with Gasteiger partial charge in [0.15, 0.2) is 11.5 Å². The molecule has 0 bridgehead atoms. The van der Waals surface area contributed by atoms with E-state index in [0.717, 1.165) is 0 Å². The van der Waals surface area contributed by atoms with Gasteiger partial charge >= 0.3 is 5.97 Å². The number of nitrogens with zero attached hydrogens (tertiary/aromatic N) is 1. The molecule has 0 aliphatic carbocycles. The number of thiocarbonyl (C=S) groups is 1. The second-order valence-corrected chi connectivity index (χ2v) is 8.77. The number of furan rings is 1. The molecule has 0 N–H and O–H groups in total. The molecule has 3 aromatic rings. The molecule has 0 radical (unpaired) electrons. The molecule has 0 spiro atoms. The van der Waals surface area contributed by atoms with Crippen molar-refractivity contribution in [3.05, 3.63) is 87.7 Å². The summed E-state index contributed by atoms with van der Waals surface area (Å²) >= 11 is 12.4. The van der Waals surface area contributed by atoms with Crippen LogP contribution in [-0.4, -0.2) is 28.2 Å². The Labute approximate surface area is 198 Å². The van der Waals surface area contributed by atoms with E-state index in [0.29, 0.717) is 36.9 Å². The molecule has 6 nitrogen and oxygen atoms in total. The Morgan fingerprint density at radius 2 is 1.97 bits per heavy atom. The Bertz CT molecular complexity index is 1210. The number of amides is 1. The van der Waals surface area contributed by atoms with E-state index in [-0.39, 0.29) is 18.2 Å². The van der Waals surface area contributed by atoms with Crippen molar-refractivity contribution in [1.29, 1.82) is 0 Å². The highest BCUT2D eigenvalue weighted by atomic mass is 35.5. The van der Waals surface area contributed by atoms with Crippen LogP contribution in [0.1, 0.15) is 21.7 Å². The second kappa shape index (κ2) is 9.60. The topological polar surface area (TPSA) is 69.0 Å². The summed E-state index contributed by atoms with van der Waals surface area (Å²) in [5.41, 5.74) is 1.06. The van der Waals surface area contributed by atoms with E-state index in [2.05, 4.69) is 0 Å². The van der Waals surface area contributed by atoms with E-state index >= 15 is 0 Å². The summed E-state index contributed by atoms with van der Waals surface area (Å²) in [7, 11) is 1.47. The minimum Gasteiger partial charge on any atom is -0.493 e. The summed E-state index contributed by atoms with van der Waals surface area (Å²) in [5, 5.41) is 0.526. The van der Waals surface area contributed by atoms with Gasteiger partial charge in [0.05, 0.1) is 30.4 Å². The summed E-state index contributed by atoms with van der Waals surface area (Å²) in [6.07, 6.45) is 3.27. The quantitative estimate of drug-likeness (QED) is 0.196. The summed E-state index contributed by atoms with van der Waals surface area (Å²) in [4.78, 5) is 27.2. The number of hydrogen-bond acceptors (Lipinski definition) is 7. The van der Waals surface area contributed by atoms with Gasteiger partial charge in [-0.1, -0.05) is 41.6 Å². The van der Waals surface area contributed by atoms with Gasteiger partial charge < -0.3 is 13.9 Å². The van der Waals surface area contributed by atoms with Crippen LogP contribution >= 0.6 is 35.6 Å². The van der Waals surface area contributed by atoms with Crippen molar-refractivity contribution in [2.75, 3.05) is 7.11 Å². The van der Waals surface area contributed by atoms with E-state index in [1.807, 2.05) is 0 Å². The number of thioether (sulfide) groups is 1. The predicted octanol–water partition coefficient (Wildman–Crippen LogP) is 5.56. The first-order chi connectivity index (χ1) is 15.4. The number of carbonyl (C=O) groups excluding carboxylic acids is 2. The number of esters is 1. The fourth-order valence-electron chi connectivity index (χ4n) is 2.95. The highest BCUT2D eigenvalue weighted by Crippen LogP contribution is 2.35. The molecule has 1 aromatic heterocycles. The van der Waals surface area contributed by atoms with Crippen molar-refractivity contribution in [1.82, 2.24) is 4.90 Å². The Balaban J connectivity index is 1.51. The SMILES string of the molecule is COc1cc(/C=C2/SC(=S)N(Cc3ccco3)C2=O)ccc1OC(=O)c1ccc(Cl)cc1. The van der Waals surface area contributed by atoms with Gasteiger partial charge in [0.25, 0.3) is 5.91 Å². The third-order valence-electron chi connectivity index (χ3n) is 4.54. The number of benzene rings is 2. The molecule has 4 rings (SSSR count). The first-order valence-corrected chi connectivity index (χ1v) is 11.0. The third kappa shape index (κ3) is 4.88. The molecule has 1 aliphatic rings. The van der Waals surface area contributed by atoms with Crippen LogP contribution in [0.25, 0.3) is 6.08 Å². The standard InChI is InChI=1S/C23H16ClNO5S2/c1-28-19-11-14(4-9-18(19)30-22(27)15-5-7-16(24)8-6-15)12-20-21(26)25(23(31)32-20)13-17-3-2-10-29-17/h2-12H,13H2,1H3/b20-12+. The smallest absolute Gasteiger partial charge is 0.343 e. The summed E-state index contributed by atoms with van der Waals surface area (Å²) in [6, 6.07) is 15.0. The molecular weight excluding hydrogens is 470 g/mol. The molecule has 162 valence electrons. The van der Waals surface area contributed by atoms with Gasteiger partial charge in [0, 0.05) is 5.02 Å². The zero-order valence-electron chi connectivity index (χ0n) is 16.7. The van der Waals surface area contributed by atoms with Crippen LogP contribution in [0.2, 0.25) is 5.02 Å². The van der Waals surface area contributed by atoms with Gasteiger partial charge in [-0.2, -0.15) is 0 Å². The zero-order chi connectivity index (χ0) is 22.7. The van der Waals surface area contributed by atoms with E-state index in [1.165, 1.54) is 23.8 Å². The van der Waals surface area contributed by atoms with Crippen LogP contribution in [0, 0.1) is 0 Å². The molecule has 1 fully saturated rings. The molecule has 0 saturated carbocycles. The Kier molecular flexibility index (Phi) is 6.64. The maximum atomic E-state index is 12.8. The lowest BCUT2D eigenvalue weighted by molar-refractivity contribution is -0.122. The van der Waals surface area contributed by atoms with Crippen LogP contribution in [0.15, 0.2) is 70.2 Å². The van der Waals surface area contributed by atoms with Gasteiger partial charge in [-0.25, -0.2) is 4.79 Å². The molecule has 0 unspecified atom stereocenters. The molecule has 9 heteroatoms. The Morgan fingerprint density at radius 3 is 2.66 bits per heavy atom. The number of ether oxygens (including phenoxy) is 2. The van der Waals surface area contributed by atoms with Crippen LogP contribution in [-0.2, 0) is 11.3 Å². The highest BCUT2D eigenvalue weighted by Gasteiger charge is 2.32. The van der Waals surface area contributed by atoms with Gasteiger partial charge in [-0.3, -0.25) is 9.69 Å². The summed E-state index contributed by atoms with van der Waals surface area (Å²) < 4.78 is 16.6. The van der Waals surface area contributed by atoms with Crippen LogP contribution < -0.4 is 9.47 Å². The lowest BCUT2D eigenvalue weighted by Crippen LogP contribution is -2.27. The fourth-order valence-corrected chi connectivity index (χ4v) is 4.33. The van der Waals surface area contributed by atoms with Crippen LogP contribution in [0.3, 0.4) is 0 Å². The molecule has 1 saturated heterocycles. The van der Waals surface area contributed by atoms with Gasteiger partial charge in [-0.05, 0) is 60.2 Å². The zero-order valence-corrected chi connectivity index (χ0v) is 19.1. The number of methoxy groups -OCH3 is 1. The van der Waals surface area contributed by atoms with Gasteiger partial charge in [0.2, 0.25) is 0 Å². The Morgan fingerprint density at radius 1 is 1.19 bits per heavy atom. The molecule has 1 aliphatic heterocycles. The van der Waals surface area contributed by atoms with E-state index in [4.69, 9.17) is 37.7 Å². The Hall–Kier alpha value is -3.07. The monoisotopic (exact) mass is 485 g/mol. The second-order valence-electron chi connectivity index (χ2n) is 6.65. The first kappa shape index (κ1) is 22.1. The average Bonchev–Trinajstić information content (AvgIpc) is 3.39. The number of halogens is 1. The van der Waals surface area contributed by atoms with Gasteiger partial charge in [-0.15, -0.1) is 0 Å². The number of rotatable bonds is 6. The minimum atomic E-state index is -0.536. The van der Waals surface area contributed by atoms with Crippen molar-refractivity contribution in [2.45, 2.75) is 6.54 Å². The lowest BCUT2D eigenvalue weighted by atomic mass is 10.1. The maximum Gasteiger partial charge on any atom is 0.343 e. The highest BCUT2D eigenvalue weighted by molar-refractivity contribution is 8.26. The van der Waals surface area contributed by atoms with E-state index in [9.17, 15) is 9.59 Å². The van der Waals surface area contributed by atoms with Crippen LogP contribution in [0.4, 0.5) is 0 Å². The van der Waals surface area contributed by atoms with E-state index < -0.39 is 5.97 Å². The first-order valence-electron chi connectivity index (χ1n) is 9.38. The summed E-state index contributed by atoms with van der Waals surface area (Å²) in [5.74, 6) is 0.526. The van der Waals surface area contributed by atoms with Crippen molar-refractivity contribution in [3.63, 3.8) is 0 Å². The van der Waals surface area contributed by atoms with Crippen LogP contribution in [0.5, 0.6) is 11.5 Å². The van der Waals surface area contributed by atoms with E-state index in [1.54, 1.807) is 66.9 Å². The van der Waals surface area contributed by atoms with Crippen molar-refractivity contribution < 1.29 is 23.5 Å². The molecule has 32 heavy (non-hydrogen) atoms. The van der Waals surface area contributed by atoms with Gasteiger partial charge in [0.1, 0.15) is 10.1 Å².